The second kappa shape index (κ2) is 11.9. The van der Waals surface area contributed by atoms with E-state index in [9.17, 15) is 22.4 Å². The minimum Gasteiger partial charge on any atom is -0.423 e. The summed E-state index contributed by atoms with van der Waals surface area (Å²) in [5.74, 6) is -4.37. The highest BCUT2D eigenvalue weighted by molar-refractivity contribution is 5.91. The van der Waals surface area contributed by atoms with Crippen molar-refractivity contribution in [2.75, 3.05) is 0 Å². The molecule has 0 N–H and O–H groups in total. The van der Waals surface area contributed by atoms with Crippen LogP contribution in [-0.4, -0.2) is 5.97 Å². The lowest BCUT2D eigenvalue weighted by Crippen LogP contribution is -2.16. The van der Waals surface area contributed by atoms with Crippen molar-refractivity contribution >= 4 is 5.97 Å². The van der Waals surface area contributed by atoms with Gasteiger partial charge in [0.15, 0.2) is 23.3 Å². The minimum atomic E-state index is -1.21. The van der Waals surface area contributed by atoms with E-state index in [1.165, 1.54) is 42.5 Å². The quantitative estimate of drug-likeness (QED) is 0.171. The number of carbonyl (C=O) groups excluding carboxylic acids is 1. The van der Waals surface area contributed by atoms with Gasteiger partial charge in [-0.15, -0.1) is 0 Å². The summed E-state index contributed by atoms with van der Waals surface area (Å²) in [7, 11) is 0. The fourth-order valence-electron chi connectivity index (χ4n) is 5.16. The number of benzene rings is 3. The van der Waals surface area contributed by atoms with Crippen LogP contribution in [0.4, 0.5) is 17.6 Å². The zero-order valence-corrected chi connectivity index (χ0v) is 21.3. The third-order valence-electron chi connectivity index (χ3n) is 7.53. The van der Waals surface area contributed by atoms with Crippen LogP contribution in [0.25, 0.3) is 11.1 Å². The topological polar surface area (TPSA) is 26.3 Å². The van der Waals surface area contributed by atoms with Gasteiger partial charge in [-0.05, 0) is 85.3 Å². The monoisotopic (exact) mass is 512 g/mol. The van der Waals surface area contributed by atoms with Gasteiger partial charge in [0.2, 0.25) is 0 Å². The second-order valence-corrected chi connectivity index (χ2v) is 9.87. The summed E-state index contributed by atoms with van der Waals surface area (Å²) in [6, 6.07) is 11.6. The van der Waals surface area contributed by atoms with Crippen molar-refractivity contribution in [1.82, 2.24) is 0 Å². The van der Waals surface area contributed by atoms with Crippen molar-refractivity contribution < 1.29 is 27.1 Å². The molecular weight excluding hydrogens is 480 g/mol. The lowest BCUT2D eigenvalue weighted by atomic mass is 9.77. The van der Waals surface area contributed by atoms with E-state index in [1.807, 2.05) is 6.92 Å². The molecule has 37 heavy (non-hydrogen) atoms. The average Bonchev–Trinajstić information content (AvgIpc) is 2.91. The van der Waals surface area contributed by atoms with Gasteiger partial charge in [-0.1, -0.05) is 57.0 Å². The Bertz CT molecular complexity index is 1250. The molecule has 1 aliphatic carbocycles. The van der Waals surface area contributed by atoms with Crippen LogP contribution >= 0.6 is 0 Å². The predicted octanol–water partition coefficient (Wildman–Crippen LogP) is 9.16. The highest BCUT2D eigenvalue weighted by atomic mass is 19.2. The SMILES string of the molecule is CCCCc1ccc(-c2ccc(OC(=O)c3ccc(C4CCC(CC)CC4)c(F)c3F)cc2)c(F)c1F. The molecule has 0 spiro atoms. The maximum absolute atomic E-state index is 14.9. The highest BCUT2D eigenvalue weighted by Gasteiger charge is 2.27. The molecular formula is C31H32F4O2. The summed E-state index contributed by atoms with van der Waals surface area (Å²) in [6.45, 7) is 4.12. The Kier molecular flexibility index (Phi) is 8.67. The number of hydrogen-bond donors (Lipinski definition) is 0. The summed E-state index contributed by atoms with van der Waals surface area (Å²) in [6.07, 6.45) is 6.78. The minimum absolute atomic E-state index is 0.0548. The van der Waals surface area contributed by atoms with Crippen molar-refractivity contribution in [3.8, 4) is 16.9 Å². The Labute approximate surface area is 215 Å². The molecule has 0 unspecified atom stereocenters. The molecule has 0 aliphatic heterocycles. The normalized spacial score (nSPS) is 17.6. The van der Waals surface area contributed by atoms with E-state index in [2.05, 4.69) is 6.92 Å². The first-order chi connectivity index (χ1) is 17.8. The summed E-state index contributed by atoms with van der Waals surface area (Å²) in [5, 5.41) is 0. The lowest BCUT2D eigenvalue weighted by molar-refractivity contribution is 0.0728. The molecule has 0 atom stereocenters. The molecule has 4 rings (SSSR count). The molecule has 1 saturated carbocycles. The van der Waals surface area contributed by atoms with Gasteiger partial charge in [0.25, 0.3) is 0 Å². The van der Waals surface area contributed by atoms with Crippen LogP contribution in [0.1, 0.15) is 86.2 Å². The van der Waals surface area contributed by atoms with Crippen molar-refractivity contribution in [3.05, 3.63) is 88.5 Å². The molecule has 196 valence electrons. The number of unbranched alkanes of at least 4 members (excludes halogenated alkanes) is 1. The van der Waals surface area contributed by atoms with Crippen molar-refractivity contribution in [3.63, 3.8) is 0 Å². The van der Waals surface area contributed by atoms with E-state index >= 15 is 0 Å². The van der Waals surface area contributed by atoms with Crippen LogP contribution in [0.15, 0.2) is 48.5 Å². The van der Waals surface area contributed by atoms with Gasteiger partial charge in [0, 0.05) is 5.56 Å². The van der Waals surface area contributed by atoms with E-state index in [1.54, 1.807) is 6.07 Å². The Morgan fingerprint density at radius 1 is 0.811 bits per heavy atom. The molecule has 3 aromatic carbocycles. The highest BCUT2D eigenvalue weighted by Crippen LogP contribution is 2.38. The van der Waals surface area contributed by atoms with Crippen LogP contribution in [0, 0.1) is 29.2 Å². The summed E-state index contributed by atoms with van der Waals surface area (Å²) in [5.41, 5.74) is 0.652. The Morgan fingerprint density at radius 3 is 2.16 bits per heavy atom. The van der Waals surface area contributed by atoms with Gasteiger partial charge in [0.05, 0.1) is 5.56 Å². The molecule has 0 heterocycles. The average molecular weight is 513 g/mol. The van der Waals surface area contributed by atoms with E-state index in [4.69, 9.17) is 4.74 Å². The molecule has 0 amide bonds. The van der Waals surface area contributed by atoms with Crippen LogP contribution in [-0.2, 0) is 6.42 Å². The second-order valence-electron chi connectivity index (χ2n) is 9.87. The van der Waals surface area contributed by atoms with Crippen molar-refractivity contribution in [2.24, 2.45) is 5.92 Å². The fraction of sp³-hybridized carbons (Fsp3) is 0.387. The maximum atomic E-state index is 14.9. The largest absolute Gasteiger partial charge is 0.423 e. The first kappa shape index (κ1) is 26.9. The molecule has 0 aromatic heterocycles. The number of hydrogen-bond acceptors (Lipinski definition) is 2. The summed E-state index contributed by atoms with van der Waals surface area (Å²) >= 11 is 0. The van der Waals surface area contributed by atoms with Crippen LogP contribution in [0.2, 0.25) is 0 Å². The van der Waals surface area contributed by atoms with Gasteiger partial charge in [-0.25, -0.2) is 22.4 Å². The molecule has 6 heteroatoms. The fourth-order valence-corrected chi connectivity index (χ4v) is 5.16. The number of aryl methyl sites for hydroxylation is 1. The Morgan fingerprint density at radius 2 is 1.51 bits per heavy atom. The van der Waals surface area contributed by atoms with E-state index < -0.39 is 34.8 Å². The van der Waals surface area contributed by atoms with Crippen LogP contribution < -0.4 is 4.74 Å². The van der Waals surface area contributed by atoms with Gasteiger partial charge >= 0.3 is 5.97 Å². The van der Waals surface area contributed by atoms with Gasteiger partial charge in [0.1, 0.15) is 5.75 Å². The smallest absolute Gasteiger partial charge is 0.346 e. The predicted molar refractivity (Wildman–Crippen MR) is 137 cm³/mol. The zero-order valence-electron chi connectivity index (χ0n) is 21.3. The van der Waals surface area contributed by atoms with E-state index in [-0.39, 0.29) is 17.2 Å². The molecule has 0 saturated heterocycles. The third kappa shape index (κ3) is 5.89. The standard InChI is InChI=1S/C31H32F4O2/c1-3-5-6-22-13-16-24(28(33)27(22)32)21-11-14-23(15-12-21)37-31(36)26-18-17-25(29(34)30(26)35)20-9-7-19(4-2)8-10-20/h11-20H,3-10H2,1-2H3. The molecule has 1 fully saturated rings. The van der Waals surface area contributed by atoms with Crippen LogP contribution in [0.5, 0.6) is 5.75 Å². The van der Waals surface area contributed by atoms with Gasteiger partial charge < -0.3 is 4.74 Å². The Hall–Kier alpha value is -3.15. The Balaban J connectivity index is 1.46. The molecule has 0 bridgehead atoms. The summed E-state index contributed by atoms with van der Waals surface area (Å²) in [4.78, 5) is 12.6. The van der Waals surface area contributed by atoms with Gasteiger partial charge in [-0.2, -0.15) is 0 Å². The van der Waals surface area contributed by atoms with Crippen molar-refractivity contribution in [2.45, 2.75) is 71.1 Å². The number of carbonyl (C=O) groups is 1. The number of ether oxygens (including phenoxy) is 1. The molecule has 1 aliphatic rings. The summed E-state index contributed by atoms with van der Waals surface area (Å²) < 4.78 is 64.1. The van der Waals surface area contributed by atoms with Crippen molar-refractivity contribution in [1.29, 1.82) is 0 Å². The first-order valence-corrected chi connectivity index (χ1v) is 13.1. The lowest BCUT2D eigenvalue weighted by Gasteiger charge is -2.28. The molecule has 0 radical (unpaired) electrons. The van der Waals surface area contributed by atoms with Gasteiger partial charge in [-0.3, -0.25) is 0 Å². The van der Waals surface area contributed by atoms with Crippen LogP contribution in [0.3, 0.4) is 0 Å². The zero-order chi connectivity index (χ0) is 26.5. The molecule has 3 aromatic rings. The molecule has 2 nitrogen and oxygen atoms in total. The number of halogens is 4. The maximum Gasteiger partial charge on any atom is 0.346 e. The first-order valence-electron chi connectivity index (χ1n) is 13.1. The third-order valence-corrected chi connectivity index (χ3v) is 7.53. The number of rotatable bonds is 8. The van der Waals surface area contributed by atoms with E-state index in [0.717, 1.165) is 44.9 Å². The van der Waals surface area contributed by atoms with E-state index in [0.29, 0.717) is 29.0 Å². The number of esters is 1.